The summed E-state index contributed by atoms with van der Waals surface area (Å²) >= 11 is 0. The van der Waals surface area contributed by atoms with Crippen LogP contribution < -0.4 is 0 Å². The molecule has 0 unspecified atom stereocenters. The van der Waals surface area contributed by atoms with E-state index in [0.717, 1.165) is 26.2 Å². The molecule has 2 spiro atoms. The van der Waals surface area contributed by atoms with Gasteiger partial charge < -0.3 is 9.47 Å². The molecule has 7 rings (SSSR count). The van der Waals surface area contributed by atoms with Crippen LogP contribution in [0, 0.1) is 5.41 Å². The highest BCUT2D eigenvalue weighted by atomic mass is 16.7. The first kappa shape index (κ1) is 16.3. The molecule has 1 saturated carbocycles. The number of benzene rings is 2. The first-order valence-electron chi connectivity index (χ1n) is 10.4. The van der Waals surface area contributed by atoms with Crippen molar-refractivity contribution in [2.45, 2.75) is 43.4 Å². The van der Waals surface area contributed by atoms with Crippen LogP contribution in [0.15, 0.2) is 54.6 Å². The molecule has 2 heterocycles. The van der Waals surface area contributed by atoms with Crippen molar-refractivity contribution in [1.82, 2.24) is 4.90 Å². The second kappa shape index (κ2) is 5.91. The number of hydrogen-bond acceptors (Lipinski definition) is 3. The van der Waals surface area contributed by atoms with Gasteiger partial charge in [0.1, 0.15) is 0 Å². The summed E-state index contributed by atoms with van der Waals surface area (Å²) in [7, 11) is 0. The van der Waals surface area contributed by atoms with Crippen molar-refractivity contribution in [3.63, 3.8) is 0 Å². The van der Waals surface area contributed by atoms with Crippen molar-refractivity contribution in [1.29, 1.82) is 0 Å². The lowest BCUT2D eigenvalue weighted by Crippen LogP contribution is -2.54. The number of hydrogen-bond donors (Lipinski definition) is 0. The third kappa shape index (κ3) is 2.38. The number of nitrogens with zero attached hydrogens (tertiary/aromatic N) is 1. The lowest BCUT2D eigenvalue weighted by atomic mass is 9.51. The van der Waals surface area contributed by atoms with Gasteiger partial charge in [-0.2, -0.15) is 0 Å². The molecule has 3 heteroatoms. The van der Waals surface area contributed by atoms with E-state index in [1.165, 1.54) is 37.1 Å². The van der Waals surface area contributed by atoms with Crippen LogP contribution in [-0.2, 0) is 16.0 Å². The van der Waals surface area contributed by atoms with Gasteiger partial charge >= 0.3 is 0 Å². The van der Waals surface area contributed by atoms with E-state index < -0.39 is 0 Å². The topological polar surface area (TPSA) is 21.7 Å². The Morgan fingerprint density at radius 2 is 1.56 bits per heavy atom. The molecular weight excluding hydrogens is 334 g/mol. The fourth-order valence-corrected chi connectivity index (χ4v) is 6.48. The van der Waals surface area contributed by atoms with Gasteiger partial charge in [-0.15, -0.1) is 0 Å². The van der Waals surface area contributed by atoms with E-state index in [4.69, 9.17) is 9.47 Å². The quantitative estimate of drug-likeness (QED) is 0.796. The second-order valence-corrected chi connectivity index (χ2v) is 8.96. The first-order valence-corrected chi connectivity index (χ1v) is 10.4. The Bertz CT molecular complexity index is 844. The van der Waals surface area contributed by atoms with Crippen LogP contribution in [0.5, 0.6) is 0 Å². The Labute approximate surface area is 161 Å². The van der Waals surface area contributed by atoms with Crippen LogP contribution in [0.25, 0.3) is 0 Å². The maximum atomic E-state index is 6.26. The minimum atomic E-state index is -0.350. The summed E-state index contributed by atoms with van der Waals surface area (Å²) in [6.45, 7) is 4.97. The van der Waals surface area contributed by atoms with Gasteiger partial charge in [0.25, 0.3) is 0 Å². The van der Waals surface area contributed by atoms with Gasteiger partial charge in [0, 0.05) is 25.4 Å². The normalized spacial score (nSPS) is 33.8. The molecule has 2 aromatic rings. The zero-order valence-electron chi connectivity index (χ0n) is 15.8. The molecule has 0 amide bonds. The Morgan fingerprint density at radius 3 is 2.33 bits per heavy atom. The molecule has 0 N–H and O–H groups in total. The molecule has 5 aliphatic rings. The Morgan fingerprint density at radius 1 is 0.852 bits per heavy atom. The van der Waals surface area contributed by atoms with Gasteiger partial charge in [-0.3, -0.25) is 4.90 Å². The monoisotopic (exact) mass is 361 g/mol. The van der Waals surface area contributed by atoms with Gasteiger partial charge in [0.05, 0.1) is 13.2 Å². The highest BCUT2D eigenvalue weighted by Gasteiger charge is 2.63. The van der Waals surface area contributed by atoms with Crippen molar-refractivity contribution in [3.05, 3.63) is 71.3 Å². The summed E-state index contributed by atoms with van der Waals surface area (Å²) in [5.41, 5.74) is 4.87. The zero-order chi connectivity index (χ0) is 17.9. The van der Waals surface area contributed by atoms with Crippen LogP contribution in [-0.4, -0.2) is 37.0 Å². The highest BCUT2D eigenvalue weighted by molar-refractivity contribution is 5.44. The predicted octanol–water partition coefficient (Wildman–Crippen LogP) is 4.30. The molecule has 140 valence electrons. The lowest BCUT2D eigenvalue weighted by Gasteiger charge is -2.57. The lowest BCUT2D eigenvalue weighted by molar-refractivity contribution is -0.218. The van der Waals surface area contributed by atoms with Crippen LogP contribution in [0.2, 0.25) is 0 Å². The minimum Gasteiger partial charge on any atom is -0.347 e. The van der Waals surface area contributed by atoms with Crippen molar-refractivity contribution < 1.29 is 9.47 Å². The van der Waals surface area contributed by atoms with E-state index in [1.807, 2.05) is 0 Å². The molecule has 2 aliphatic heterocycles. The summed E-state index contributed by atoms with van der Waals surface area (Å²) in [5, 5.41) is 0. The molecule has 27 heavy (non-hydrogen) atoms. The van der Waals surface area contributed by atoms with E-state index in [-0.39, 0.29) is 5.79 Å². The average Bonchev–Trinajstić information content (AvgIpc) is 3.32. The van der Waals surface area contributed by atoms with E-state index >= 15 is 0 Å². The van der Waals surface area contributed by atoms with E-state index in [0.29, 0.717) is 17.3 Å². The average molecular weight is 361 g/mol. The van der Waals surface area contributed by atoms with Crippen molar-refractivity contribution in [2.75, 3.05) is 26.3 Å². The maximum absolute atomic E-state index is 6.26. The molecule has 2 bridgehead atoms. The largest absolute Gasteiger partial charge is 0.347 e. The van der Waals surface area contributed by atoms with Crippen LogP contribution in [0.1, 0.15) is 47.8 Å². The SMILES string of the molecule is c1ccc(CN2CC[C@]3(C[C@@H]4c5ccccc5[C@H]3CC43OCCO3)C2)cc1. The van der Waals surface area contributed by atoms with Crippen LogP contribution >= 0.6 is 0 Å². The standard InChI is InChI=1S/C24H27NO2/c1-2-6-18(7-3-1)16-25-11-10-23(17-25)14-22-20-9-5-4-8-19(20)21(23)15-24(22)26-12-13-27-24/h1-9,21-22H,10-17H2/t21-,22-,23+/m1/s1. The van der Waals surface area contributed by atoms with Crippen LogP contribution in [0.3, 0.4) is 0 Å². The molecule has 0 aromatic heterocycles. The van der Waals surface area contributed by atoms with Gasteiger partial charge in [0.2, 0.25) is 0 Å². The summed E-state index contributed by atoms with van der Waals surface area (Å²) in [6, 6.07) is 20.0. The van der Waals surface area contributed by atoms with Gasteiger partial charge in [-0.05, 0) is 47.4 Å². The number of rotatable bonds is 2. The fraction of sp³-hybridized carbons (Fsp3) is 0.500. The van der Waals surface area contributed by atoms with Crippen molar-refractivity contribution in [2.24, 2.45) is 5.41 Å². The third-order valence-electron chi connectivity index (χ3n) is 7.61. The van der Waals surface area contributed by atoms with Crippen molar-refractivity contribution in [3.8, 4) is 0 Å². The molecule has 3 atom stereocenters. The van der Waals surface area contributed by atoms with Crippen molar-refractivity contribution >= 4 is 0 Å². The summed E-state index contributed by atoms with van der Waals surface area (Å²) in [6.07, 6.45) is 3.54. The third-order valence-corrected chi connectivity index (χ3v) is 7.61. The molecule has 2 aromatic carbocycles. The molecule has 3 nitrogen and oxygen atoms in total. The summed E-state index contributed by atoms with van der Waals surface area (Å²) in [4.78, 5) is 2.67. The maximum Gasteiger partial charge on any atom is 0.175 e. The van der Waals surface area contributed by atoms with Gasteiger partial charge in [-0.25, -0.2) is 0 Å². The highest BCUT2D eigenvalue weighted by Crippen LogP contribution is 2.66. The zero-order valence-corrected chi connectivity index (χ0v) is 15.8. The van der Waals surface area contributed by atoms with E-state index in [9.17, 15) is 0 Å². The molecule has 0 radical (unpaired) electrons. The Hall–Kier alpha value is -1.68. The van der Waals surface area contributed by atoms with E-state index in [2.05, 4.69) is 59.5 Å². The van der Waals surface area contributed by atoms with Gasteiger partial charge in [0.15, 0.2) is 5.79 Å². The Balaban J connectivity index is 1.33. The Kier molecular flexibility index (Phi) is 3.56. The number of ether oxygens (including phenoxy) is 2. The minimum absolute atomic E-state index is 0.350. The fourth-order valence-electron chi connectivity index (χ4n) is 6.48. The molecular formula is C24H27NO2. The summed E-state index contributed by atoms with van der Waals surface area (Å²) in [5.74, 6) is 0.590. The smallest absolute Gasteiger partial charge is 0.175 e. The van der Waals surface area contributed by atoms with Gasteiger partial charge in [-0.1, -0.05) is 54.6 Å². The molecule has 2 saturated heterocycles. The molecule has 3 fully saturated rings. The molecule has 3 aliphatic carbocycles. The van der Waals surface area contributed by atoms with E-state index in [1.54, 1.807) is 5.56 Å². The first-order chi connectivity index (χ1) is 13.3. The van der Waals surface area contributed by atoms with Crippen LogP contribution in [0.4, 0.5) is 0 Å². The predicted molar refractivity (Wildman–Crippen MR) is 105 cm³/mol. The number of likely N-dealkylation sites (tertiary alicyclic amines) is 1. The second-order valence-electron chi connectivity index (χ2n) is 8.96. The summed E-state index contributed by atoms with van der Waals surface area (Å²) < 4.78 is 12.5.